The summed E-state index contributed by atoms with van der Waals surface area (Å²) in [4.78, 5) is 0. The first kappa shape index (κ1) is 15.8. The molecule has 0 saturated carbocycles. The molecule has 0 amide bonds. The number of hydrogen-bond donors (Lipinski definition) is 0. The molecule has 21 heavy (non-hydrogen) atoms. The minimum Gasteiger partial charge on any atom is -0.230 e. The molecule has 2 aromatic rings. The minimum atomic E-state index is 1.12. The van der Waals surface area contributed by atoms with E-state index in [1.807, 2.05) is 0 Å². The summed E-state index contributed by atoms with van der Waals surface area (Å²) >= 11 is 0. The summed E-state index contributed by atoms with van der Waals surface area (Å²) in [6.45, 7) is 6.77. The molecule has 0 bridgehead atoms. The minimum absolute atomic E-state index is 1.12. The van der Waals surface area contributed by atoms with Gasteiger partial charge in [0.25, 0.3) is 5.82 Å². The fourth-order valence-corrected chi connectivity index (χ4v) is 2.81. The first-order valence-electron chi connectivity index (χ1n) is 8.50. The maximum atomic E-state index is 2.43. The number of hydrogen-bond acceptors (Lipinski definition) is 0. The van der Waals surface area contributed by atoms with E-state index >= 15 is 0 Å². The van der Waals surface area contributed by atoms with Crippen LogP contribution in [0.4, 0.5) is 0 Å². The Balaban J connectivity index is 2.20. The molecule has 2 rings (SSSR count). The van der Waals surface area contributed by atoms with Gasteiger partial charge in [0.05, 0.1) is 18.7 Å². The van der Waals surface area contributed by atoms with Crippen LogP contribution in [0.5, 0.6) is 0 Å². The van der Waals surface area contributed by atoms with E-state index in [1.54, 1.807) is 0 Å². The highest BCUT2D eigenvalue weighted by atomic mass is 15.1. The van der Waals surface area contributed by atoms with Crippen molar-refractivity contribution in [1.29, 1.82) is 0 Å². The quantitative estimate of drug-likeness (QED) is 0.461. The molecule has 2 heteroatoms. The van der Waals surface area contributed by atoms with Gasteiger partial charge in [0, 0.05) is 0 Å². The lowest BCUT2D eigenvalue weighted by Crippen LogP contribution is -2.34. The van der Waals surface area contributed by atoms with Gasteiger partial charge in [0.2, 0.25) is 0 Å². The maximum Gasteiger partial charge on any atom is 0.288 e. The standard InChI is InChI=1S/C19H29N2/c1-3-5-10-14-20-16-17-21(15-11-6-4-2)19(20)18-12-8-7-9-13-18/h7-9,12-13,16-17H,3-6,10-11,14-15H2,1-2H3/q+1. The van der Waals surface area contributed by atoms with Crippen LogP contribution in [0.3, 0.4) is 0 Å². The smallest absolute Gasteiger partial charge is 0.230 e. The van der Waals surface area contributed by atoms with Crippen LogP contribution in [0.25, 0.3) is 11.4 Å². The summed E-state index contributed by atoms with van der Waals surface area (Å²) in [5.41, 5.74) is 1.33. The molecule has 0 unspecified atom stereocenters. The lowest BCUT2D eigenvalue weighted by molar-refractivity contribution is -0.686. The molecule has 0 N–H and O–H groups in total. The van der Waals surface area contributed by atoms with Gasteiger partial charge in [-0.25, -0.2) is 9.13 Å². The third kappa shape index (κ3) is 4.45. The molecule has 1 aromatic heterocycles. The fraction of sp³-hybridized carbons (Fsp3) is 0.526. The SMILES string of the molecule is CCCCCn1cc[n+](CCCCC)c1-c1ccccc1. The van der Waals surface area contributed by atoms with Crippen LogP contribution in [0.2, 0.25) is 0 Å². The van der Waals surface area contributed by atoms with Crippen LogP contribution in [-0.2, 0) is 13.1 Å². The monoisotopic (exact) mass is 285 g/mol. The van der Waals surface area contributed by atoms with E-state index in [1.165, 1.54) is 49.9 Å². The molecule has 0 spiro atoms. The normalized spacial score (nSPS) is 11.0. The van der Waals surface area contributed by atoms with Crippen molar-refractivity contribution in [2.75, 3.05) is 0 Å². The van der Waals surface area contributed by atoms with Crippen LogP contribution in [0, 0.1) is 0 Å². The Kier molecular flexibility index (Phi) is 6.52. The van der Waals surface area contributed by atoms with Crippen molar-refractivity contribution in [2.45, 2.75) is 65.5 Å². The number of unbranched alkanes of at least 4 members (excludes halogenated alkanes) is 4. The number of imidazole rings is 1. The molecule has 0 saturated heterocycles. The molecule has 0 aliphatic carbocycles. The first-order chi connectivity index (χ1) is 10.4. The molecule has 2 nitrogen and oxygen atoms in total. The molecule has 0 fully saturated rings. The largest absolute Gasteiger partial charge is 0.288 e. The third-order valence-corrected chi connectivity index (χ3v) is 4.01. The van der Waals surface area contributed by atoms with Crippen LogP contribution in [-0.4, -0.2) is 4.57 Å². The molecule has 0 radical (unpaired) electrons. The van der Waals surface area contributed by atoms with Crippen molar-refractivity contribution < 1.29 is 4.57 Å². The van der Waals surface area contributed by atoms with Crippen molar-refractivity contribution in [1.82, 2.24) is 4.57 Å². The second-order valence-electron chi connectivity index (χ2n) is 5.79. The van der Waals surface area contributed by atoms with E-state index < -0.39 is 0 Å². The van der Waals surface area contributed by atoms with E-state index in [2.05, 4.69) is 65.7 Å². The van der Waals surface area contributed by atoms with Gasteiger partial charge in [-0.2, -0.15) is 0 Å². The summed E-state index contributed by atoms with van der Waals surface area (Å²) in [7, 11) is 0. The summed E-state index contributed by atoms with van der Waals surface area (Å²) in [5.74, 6) is 1.36. The van der Waals surface area contributed by atoms with Gasteiger partial charge in [0.15, 0.2) is 0 Å². The molecule has 0 atom stereocenters. The van der Waals surface area contributed by atoms with Gasteiger partial charge in [-0.1, -0.05) is 44.9 Å². The van der Waals surface area contributed by atoms with E-state index in [-0.39, 0.29) is 0 Å². The van der Waals surface area contributed by atoms with Gasteiger partial charge in [-0.05, 0) is 37.8 Å². The van der Waals surface area contributed by atoms with Crippen molar-refractivity contribution in [2.24, 2.45) is 0 Å². The van der Waals surface area contributed by atoms with E-state index in [0.29, 0.717) is 0 Å². The van der Waals surface area contributed by atoms with Crippen LogP contribution >= 0.6 is 0 Å². The average Bonchev–Trinajstić information content (AvgIpc) is 2.92. The van der Waals surface area contributed by atoms with Gasteiger partial charge in [-0.15, -0.1) is 0 Å². The molecular formula is C19H29N2+. The number of benzene rings is 1. The van der Waals surface area contributed by atoms with E-state index in [0.717, 1.165) is 13.1 Å². The Bertz CT molecular complexity index is 486. The van der Waals surface area contributed by atoms with E-state index in [4.69, 9.17) is 0 Å². The topological polar surface area (TPSA) is 8.81 Å². The number of rotatable bonds is 9. The Labute approximate surface area is 129 Å². The maximum absolute atomic E-state index is 2.43. The Morgan fingerprint density at radius 1 is 0.905 bits per heavy atom. The number of aromatic nitrogens is 2. The summed E-state index contributed by atoms with van der Waals surface area (Å²) in [6, 6.07) is 10.8. The number of aryl methyl sites for hydroxylation is 2. The highest BCUT2D eigenvalue weighted by Gasteiger charge is 2.18. The highest BCUT2D eigenvalue weighted by molar-refractivity contribution is 5.52. The molecule has 1 heterocycles. The Morgan fingerprint density at radius 2 is 1.62 bits per heavy atom. The zero-order valence-electron chi connectivity index (χ0n) is 13.6. The van der Waals surface area contributed by atoms with E-state index in [9.17, 15) is 0 Å². The zero-order valence-corrected chi connectivity index (χ0v) is 13.6. The van der Waals surface area contributed by atoms with Gasteiger partial charge in [-0.3, -0.25) is 0 Å². The highest BCUT2D eigenvalue weighted by Crippen LogP contribution is 2.17. The summed E-state index contributed by atoms with van der Waals surface area (Å²) in [5, 5.41) is 0. The molecular weight excluding hydrogens is 256 g/mol. The van der Waals surface area contributed by atoms with Crippen molar-refractivity contribution in [3.8, 4) is 11.4 Å². The van der Waals surface area contributed by atoms with Crippen LogP contribution < -0.4 is 4.57 Å². The predicted molar refractivity (Wildman–Crippen MR) is 89.1 cm³/mol. The third-order valence-electron chi connectivity index (χ3n) is 4.01. The van der Waals surface area contributed by atoms with Crippen molar-refractivity contribution in [3.05, 3.63) is 42.7 Å². The second-order valence-corrected chi connectivity index (χ2v) is 5.79. The average molecular weight is 285 g/mol. The van der Waals surface area contributed by atoms with Crippen LogP contribution in [0.15, 0.2) is 42.7 Å². The van der Waals surface area contributed by atoms with Gasteiger partial charge in [0.1, 0.15) is 12.4 Å². The molecule has 114 valence electrons. The molecule has 0 aliphatic rings. The molecule has 0 aliphatic heterocycles. The van der Waals surface area contributed by atoms with Crippen molar-refractivity contribution in [3.63, 3.8) is 0 Å². The summed E-state index contributed by atoms with van der Waals surface area (Å²) in [6.07, 6.45) is 12.2. The van der Waals surface area contributed by atoms with Crippen molar-refractivity contribution >= 4 is 0 Å². The predicted octanol–water partition coefficient (Wildman–Crippen LogP) is 4.82. The summed E-state index contributed by atoms with van der Waals surface area (Å²) < 4.78 is 4.86. The van der Waals surface area contributed by atoms with Crippen LogP contribution in [0.1, 0.15) is 52.4 Å². The lowest BCUT2D eigenvalue weighted by atomic mass is 10.2. The number of nitrogens with zero attached hydrogens (tertiary/aromatic N) is 2. The Morgan fingerprint density at radius 3 is 2.33 bits per heavy atom. The lowest BCUT2D eigenvalue weighted by Gasteiger charge is -2.05. The first-order valence-corrected chi connectivity index (χ1v) is 8.50. The zero-order chi connectivity index (χ0) is 14.9. The van der Waals surface area contributed by atoms with Gasteiger partial charge < -0.3 is 0 Å². The molecule has 1 aromatic carbocycles. The van der Waals surface area contributed by atoms with Gasteiger partial charge >= 0.3 is 0 Å². The fourth-order valence-electron chi connectivity index (χ4n) is 2.81. The second kappa shape index (κ2) is 8.66. The Hall–Kier alpha value is -1.57.